The molecule has 0 spiro atoms. The molecule has 0 aliphatic heterocycles. The van der Waals surface area contributed by atoms with Gasteiger partial charge in [0.15, 0.2) is 0 Å². The molecule has 5 nitrogen and oxygen atoms in total. The molecule has 0 aliphatic carbocycles. The van der Waals surface area contributed by atoms with Crippen LogP contribution in [0.2, 0.25) is 0 Å². The minimum absolute atomic E-state index is 0.247. The highest BCUT2D eigenvalue weighted by molar-refractivity contribution is 5.85. The summed E-state index contributed by atoms with van der Waals surface area (Å²) in [6.45, 7) is 7.66. The topological polar surface area (TPSA) is 78.4 Å². The summed E-state index contributed by atoms with van der Waals surface area (Å²) < 4.78 is 0. The third-order valence-electron chi connectivity index (χ3n) is 1.74. The van der Waals surface area contributed by atoms with Crippen molar-refractivity contribution in [2.45, 2.75) is 26.3 Å². The lowest BCUT2D eigenvalue weighted by Crippen LogP contribution is -2.47. The van der Waals surface area contributed by atoms with Crippen molar-refractivity contribution in [3.63, 3.8) is 0 Å². The van der Waals surface area contributed by atoms with Crippen LogP contribution in [0.1, 0.15) is 20.3 Å². The predicted octanol–water partition coefficient (Wildman–Crippen LogP) is 0.971. The number of rotatable bonds is 6. The SMILES string of the molecule is C=CCNC(=O)C(CC(C)C)NC(=O)O. The van der Waals surface area contributed by atoms with Gasteiger partial charge in [-0.3, -0.25) is 4.79 Å². The molecule has 2 amide bonds. The summed E-state index contributed by atoms with van der Waals surface area (Å²) in [6.07, 6.45) is 0.842. The fraction of sp³-hybridized carbons (Fsp3) is 0.600. The first kappa shape index (κ1) is 13.5. The molecule has 0 heterocycles. The Morgan fingerprint density at radius 3 is 2.47 bits per heavy atom. The number of nitrogens with one attached hydrogen (secondary N) is 2. The van der Waals surface area contributed by atoms with Crippen molar-refractivity contribution in [1.29, 1.82) is 0 Å². The minimum atomic E-state index is -1.19. The Kier molecular flexibility index (Phi) is 6.17. The monoisotopic (exact) mass is 214 g/mol. The highest BCUT2D eigenvalue weighted by Gasteiger charge is 2.20. The molecule has 0 bridgehead atoms. The van der Waals surface area contributed by atoms with Gasteiger partial charge in [0.2, 0.25) is 5.91 Å². The maximum Gasteiger partial charge on any atom is 0.405 e. The van der Waals surface area contributed by atoms with E-state index in [1.54, 1.807) is 6.08 Å². The van der Waals surface area contributed by atoms with Crippen molar-refractivity contribution < 1.29 is 14.7 Å². The van der Waals surface area contributed by atoms with E-state index in [4.69, 9.17) is 5.11 Å². The van der Waals surface area contributed by atoms with E-state index in [9.17, 15) is 9.59 Å². The Hall–Kier alpha value is -1.52. The summed E-state index contributed by atoms with van der Waals surface area (Å²) in [5.74, 6) is -0.0673. The van der Waals surface area contributed by atoms with E-state index in [-0.39, 0.29) is 11.8 Å². The van der Waals surface area contributed by atoms with Crippen molar-refractivity contribution in [2.24, 2.45) is 5.92 Å². The molecular weight excluding hydrogens is 196 g/mol. The summed E-state index contributed by atoms with van der Waals surface area (Å²) in [6, 6.07) is -0.692. The van der Waals surface area contributed by atoms with E-state index in [2.05, 4.69) is 17.2 Å². The third-order valence-corrected chi connectivity index (χ3v) is 1.74. The van der Waals surface area contributed by atoms with Crippen LogP contribution in [-0.4, -0.2) is 29.7 Å². The molecule has 0 saturated carbocycles. The number of hydrogen-bond donors (Lipinski definition) is 3. The highest BCUT2D eigenvalue weighted by Crippen LogP contribution is 2.04. The van der Waals surface area contributed by atoms with Crippen LogP contribution in [-0.2, 0) is 4.79 Å². The average molecular weight is 214 g/mol. The van der Waals surface area contributed by atoms with E-state index in [0.717, 1.165) is 0 Å². The molecule has 0 aromatic carbocycles. The van der Waals surface area contributed by atoms with Crippen LogP contribution in [0, 0.1) is 5.92 Å². The molecule has 1 atom stereocenters. The Balaban J connectivity index is 4.26. The van der Waals surface area contributed by atoms with Gasteiger partial charge >= 0.3 is 6.09 Å². The van der Waals surface area contributed by atoms with Crippen LogP contribution < -0.4 is 10.6 Å². The number of carboxylic acid groups (broad SMARTS) is 1. The average Bonchev–Trinajstić information content (AvgIpc) is 2.11. The zero-order valence-electron chi connectivity index (χ0n) is 9.12. The van der Waals surface area contributed by atoms with Crippen molar-refractivity contribution in [3.8, 4) is 0 Å². The first-order chi connectivity index (χ1) is 6.97. The third kappa shape index (κ3) is 6.54. The summed E-state index contributed by atoms with van der Waals surface area (Å²) in [5, 5.41) is 13.3. The van der Waals surface area contributed by atoms with E-state index in [1.165, 1.54) is 0 Å². The van der Waals surface area contributed by atoms with Gasteiger partial charge in [0, 0.05) is 6.54 Å². The lowest BCUT2D eigenvalue weighted by molar-refractivity contribution is -0.123. The quantitative estimate of drug-likeness (QED) is 0.576. The standard InChI is InChI=1S/C10H18N2O3/c1-4-5-11-9(13)8(6-7(2)3)12-10(14)15/h4,7-8,12H,1,5-6H2,2-3H3,(H,11,13)(H,14,15). The molecule has 15 heavy (non-hydrogen) atoms. The predicted molar refractivity (Wildman–Crippen MR) is 57.6 cm³/mol. The van der Waals surface area contributed by atoms with Gasteiger partial charge in [-0.15, -0.1) is 6.58 Å². The van der Waals surface area contributed by atoms with Crippen molar-refractivity contribution in [1.82, 2.24) is 10.6 Å². The Labute approximate surface area is 89.6 Å². The van der Waals surface area contributed by atoms with Gasteiger partial charge in [0.1, 0.15) is 6.04 Å². The lowest BCUT2D eigenvalue weighted by Gasteiger charge is -2.17. The molecule has 0 rings (SSSR count). The summed E-state index contributed by atoms with van der Waals surface area (Å²) >= 11 is 0. The fourth-order valence-electron chi connectivity index (χ4n) is 1.15. The van der Waals surface area contributed by atoms with E-state index < -0.39 is 12.1 Å². The van der Waals surface area contributed by atoms with Crippen LogP contribution in [0.5, 0.6) is 0 Å². The second kappa shape index (κ2) is 6.86. The second-order valence-corrected chi connectivity index (χ2v) is 3.67. The summed E-state index contributed by atoms with van der Waals surface area (Å²) in [7, 11) is 0. The number of carbonyl (C=O) groups excluding carboxylic acids is 1. The van der Waals surface area contributed by atoms with Gasteiger partial charge in [-0.05, 0) is 12.3 Å². The van der Waals surface area contributed by atoms with Crippen molar-refractivity contribution >= 4 is 12.0 Å². The molecule has 1 unspecified atom stereocenters. The molecule has 0 fully saturated rings. The van der Waals surface area contributed by atoms with Gasteiger partial charge in [-0.2, -0.15) is 0 Å². The molecule has 3 N–H and O–H groups in total. The largest absolute Gasteiger partial charge is 0.465 e. The Morgan fingerprint density at radius 1 is 1.47 bits per heavy atom. The normalized spacial score (nSPS) is 11.9. The summed E-state index contributed by atoms with van der Waals surface area (Å²) in [5.41, 5.74) is 0. The molecule has 0 radical (unpaired) electrons. The zero-order chi connectivity index (χ0) is 11.8. The van der Waals surface area contributed by atoms with Gasteiger partial charge in [0.05, 0.1) is 0 Å². The first-order valence-electron chi connectivity index (χ1n) is 4.85. The highest BCUT2D eigenvalue weighted by atomic mass is 16.4. The van der Waals surface area contributed by atoms with Crippen LogP contribution in [0.15, 0.2) is 12.7 Å². The maximum atomic E-state index is 11.5. The van der Waals surface area contributed by atoms with Gasteiger partial charge < -0.3 is 15.7 Å². The van der Waals surface area contributed by atoms with Gasteiger partial charge in [-0.1, -0.05) is 19.9 Å². The first-order valence-corrected chi connectivity index (χ1v) is 4.85. The van der Waals surface area contributed by atoms with Crippen LogP contribution >= 0.6 is 0 Å². The van der Waals surface area contributed by atoms with E-state index >= 15 is 0 Å². The molecule has 0 aromatic rings. The maximum absolute atomic E-state index is 11.5. The smallest absolute Gasteiger partial charge is 0.405 e. The number of carbonyl (C=O) groups is 2. The Bertz CT molecular complexity index is 239. The zero-order valence-corrected chi connectivity index (χ0v) is 9.12. The fourth-order valence-corrected chi connectivity index (χ4v) is 1.15. The molecule has 0 aliphatic rings. The molecular formula is C10H18N2O3. The molecule has 5 heteroatoms. The molecule has 0 aromatic heterocycles. The Morgan fingerprint density at radius 2 is 2.07 bits per heavy atom. The molecule has 0 saturated heterocycles. The summed E-state index contributed by atoms with van der Waals surface area (Å²) in [4.78, 5) is 21.9. The lowest BCUT2D eigenvalue weighted by atomic mass is 10.0. The minimum Gasteiger partial charge on any atom is -0.465 e. The van der Waals surface area contributed by atoms with Crippen molar-refractivity contribution in [2.75, 3.05) is 6.54 Å². The number of hydrogen-bond acceptors (Lipinski definition) is 2. The van der Waals surface area contributed by atoms with Crippen LogP contribution in [0.25, 0.3) is 0 Å². The molecule has 86 valence electrons. The van der Waals surface area contributed by atoms with E-state index in [0.29, 0.717) is 13.0 Å². The van der Waals surface area contributed by atoms with Gasteiger partial charge in [-0.25, -0.2) is 4.79 Å². The van der Waals surface area contributed by atoms with Crippen LogP contribution in [0.4, 0.5) is 4.79 Å². The van der Waals surface area contributed by atoms with Crippen LogP contribution in [0.3, 0.4) is 0 Å². The number of amides is 2. The van der Waals surface area contributed by atoms with Gasteiger partial charge in [0.25, 0.3) is 0 Å². The van der Waals surface area contributed by atoms with Crippen molar-refractivity contribution in [3.05, 3.63) is 12.7 Å². The second-order valence-electron chi connectivity index (χ2n) is 3.67. The van der Waals surface area contributed by atoms with E-state index in [1.807, 2.05) is 13.8 Å².